The van der Waals surface area contributed by atoms with Crippen molar-refractivity contribution in [1.29, 1.82) is 0 Å². The van der Waals surface area contributed by atoms with E-state index in [0.29, 0.717) is 12.4 Å². The number of nitrogens with zero attached hydrogens (tertiary/aromatic N) is 1. The Morgan fingerprint density at radius 1 is 1.24 bits per heavy atom. The van der Waals surface area contributed by atoms with Crippen molar-refractivity contribution in [1.82, 2.24) is 0 Å². The van der Waals surface area contributed by atoms with Crippen LogP contribution >= 0.6 is 15.9 Å². The lowest BCUT2D eigenvalue weighted by Crippen LogP contribution is -2.02. The summed E-state index contributed by atoms with van der Waals surface area (Å²) in [6, 6.07) is 11.3. The maximum Gasteiger partial charge on any atom is 0.312 e. The lowest BCUT2D eigenvalue weighted by Gasteiger charge is -2.12. The van der Waals surface area contributed by atoms with E-state index < -0.39 is 0 Å². The third kappa shape index (κ3) is 2.78. The summed E-state index contributed by atoms with van der Waals surface area (Å²) in [6.07, 6.45) is 2.87. The minimum atomic E-state index is -0.371. The van der Waals surface area contributed by atoms with E-state index in [1.165, 1.54) is 0 Å². The highest BCUT2D eigenvalue weighted by Crippen LogP contribution is 2.43. The minimum Gasteiger partial charge on any atom is -0.481 e. The topological polar surface area (TPSA) is 52.4 Å². The third-order valence-corrected chi connectivity index (χ3v) is 4.53. The largest absolute Gasteiger partial charge is 0.481 e. The molecule has 108 valence electrons. The van der Waals surface area contributed by atoms with E-state index in [2.05, 4.69) is 15.9 Å². The molecule has 0 N–H and O–H groups in total. The van der Waals surface area contributed by atoms with Gasteiger partial charge in [-0.3, -0.25) is 10.1 Å². The second kappa shape index (κ2) is 5.85. The summed E-state index contributed by atoms with van der Waals surface area (Å²) in [5, 5.41) is 11.3. The highest BCUT2D eigenvalue weighted by atomic mass is 79.9. The van der Waals surface area contributed by atoms with Crippen molar-refractivity contribution >= 4 is 21.6 Å². The average molecular weight is 348 g/mol. The van der Waals surface area contributed by atoms with Crippen molar-refractivity contribution in [2.24, 2.45) is 0 Å². The lowest BCUT2D eigenvalue weighted by molar-refractivity contribution is -0.386. The molecule has 1 aliphatic rings. The van der Waals surface area contributed by atoms with Crippen LogP contribution in [0.15, 0.2) is 40.9 Å². The van der Waals surface area contributed by atoms with Gasteiger partial charge in [-0.1, -0.05) is 30.3 Å². The van der Waals surface area contributed by atoms with Gasteiger partial charge in [0.25, 0.3) is 0 Å². The van der Waals surface area contributed by atoms with Crippen LogP contribution in [-0.2, 0) is 19.4 Å². The molecule has 0 heterocycles. The van der Waals surface area contributed by atoms with Crippen molar-refractivity contribution < 1.29 is 9.66 Å². The Kier molecular flexibility index (Phi) is 3.92. The predicted molar refractivity (Wildman–Crippen MR) is 83.6 cm³/mol. The molecule has 5 heteroatoms. The number of nitro benzene ring substituents is 1. The lowest BCUT2D eigenvalue weighted by atomic mass is 10.1. The molecule has 2 aromatic rings. The quantitative estimate of drug-likeness (QED) is 0.607. The number of aryl methyl sites for hydroxylation is 1. The second-order valence-electron chi connectivity index (χ2n) is 5.06. The Morgan fingerprint density at radius 3 is 2.71 bits per heavy atom. The monoisotopic (exact) mass is 347 g/mol. The predicted octanol–water partition coefficient (Wildman–Crippen LogP) is 4.43. The highest BCUT2D eigenvalue weighted by molar-refractivity contribution is 9.10. The van der Waals surface area contributed by atoms with E-state index in [9.17, 15) is 10.1 Å². The summed E-state index contributed by atoms with van der Waals surface area (Å²) < 4.78 is 6.49. The van der Waals surface area contributed by atoms with Gasteiger partial charge in [-0.05, 0) is 51.9 Å². The molecule has 0 aromatic heterocycles. The van der Waals surface area contributed by atoms with Crippen LogP contribution in [0.5, 0.6) is 5.75 Å². The zero-order valence-corrected chi connectivity index (χ0v) is 12.9. The molecule has 0 amide bonds. The van der Waals surface area contributed by atoms with Crippen LogP contribution in [0.1, 0.15) is 23.1 Å². The molecule has 21 heavy (non-hydrogen) atoms. The number of halogens is 1. The average Bonchev–Trinajstić information content (AvgIpc) is 2.96. The van der Waals surface area contributed by atoms with Gasteiger partial charge in [0.15, 0.2) is 0 Å². The molecule has 1 aliphatic carbocycles. The van der Waals surface area contributed by atoms with Crippen LogP contribution in [-0.4, -0.2) is 4.92 Å². The van der Waals surface area contributed by atoms with Crippen LogP contribution in [0.25, 0.3) is 0 Å². The van der Waals surface area contributed by atoms with Crippen molar-refractivity contribution in [3.05, 3.63) is 67.7 Å². The number of rotatable bonds is 4. The van der Waals surface area contributed by atoms with Gasteiger partial charge in [0.2, 0.25) is 5.75 Å². The minimum absolute atomic E-state index is 0.0402. The molecule has 0 fully saturated rings. The normalized spacial score (nSPS) is 13.0. The third-order valence-electron chi connectivity index (χ3n) is 3.69. The fraction of sp³-hybridized carbons (Fsp3) is 0.250. The SMILES string of the molecule is O=[N+]([O-])c1cc2c(c(Br)c1OCc1ccccc1)CCC2. The summed E-state index contributed by atoms with van der Waals surface area (Å²) in [7, 11) is 0. The van der Waals surface area contributed by atoms with Gasteiger partial charge in [0.05, 0.1) is 9.40 Å². The molecule has 0 saturated carbocycles. The van der Waals surface area contributed by atoms with E-state index in [0.717, 1.165) is 40.4 Å². The van der Waals surface area contributed by atoms with Gasteiger partial charge in [0.1, 0.15) is 6.61 Å². The maximum atomic E-state index is 11.3. The summed E-state index contributed by atoms with van der Waals surface area (Å²) in [4.78, 5) is 10.9. The zero-order valence-electron chi connectivity index (χ0n) is 11.3. The first kappa shape index (κ1) is 14.1. The fourth-order valence-electron chi connectivity index (χ4n) is 2.66. The summed E-state index contributed by atoms with van der Waals surface area (Å²) in [5.74, 6) is 0.338. The first-order valence-corrected chi connectivity index (χ1v) is 7.61. The molecule has 0 radical (unpaired) electrons. The van der Waals surface area contributed by atoms with E-state index >= 15 is 0 Å². The number of nitro groups is 1. The van der Waals surface area contributed by atoms with Crippen LogP contribution in [0.3, 0.4) is 0 Å². The second-order valence-corrected chi connectivity index (χ2v) is 5.85. The number of ether oxygens (including phenoxy) is 1. The molecular weight excluding hydrogens is 334 g/mol. The van der Waals surface area contributed by atoms with E-state index in [1.54, 1.807) is 6.07 Å². The van der Waals surface area contributed by atoms with E-state index in [-0.39, 0.29) is 10.6 Å². The Morgan fingerprint density at radius 2 is 2.00 bits per heavy atom. The van der Waals surface area contributed by atoms with Gasteiger partial charge < -0.3 is 4.74 Å². The fourth-order valence-corrected chi connectivity index (χ4v) is 3.43. The summed E-state index contributed by atoms with van der Waals surface area (Å²) in [5.41, 5.74) is 3.22. The van der Waals surface area contributed by atoms with Gasteiger partial charge in [-0.15, -0.1) is 0 Å². The summed E-state index contributed by atoms with van der Waals surface area (Å²) >= 11 is 3.50. The number of hydrogen-bond acceptors (Lipinski definition) is 3. The molecule has 3 rings (SSSR count). The van der Waals surface area contributed by atoms with Crippen LogP contribution in [0, 0.1) is 10.1 Å². The zero-order chi connectivity index (χ0) is 14.8. The Labute approximate surface area is 131 Å². The smallest absolute Gasteiger partial charge is 0.312 e. The van der Waals surface area contributed by atoms with Crippen molar-refractivity contribution in [2.45, 2.75) is 25.9 Å². The summed E-state index contributed by atoms with van der Waals surface area (Å²) in [6.45, 7) is 0.319. The van der Waals surface area contributed by atoms with Crippen molar-refractivity contribution in [2.75, 3.05) is 0 Å². The van der Waals surface area contributed by atoms with E-state index in [4.69, 9.17) is 4.74 Å². The Hall–Kier alpha value is -1.88. The maximum absolute atomic E-state index is 11.3. The van der Waals surface area contributed by atoms with Crippen molar-refractivity contribution in [3.63, 3.8) is 0 Å². The van der Waals surface area contributed by atoms with E-state index in [1.807, 2.05) is 30.3 Å². The molecule has 0 bridgehead atoms. The molecule has 2 aromatic carbocycles. The molecule has 0 spiro atoms. The molecule has 0 atom stereocenters. The van der Waals surface area contributed by atoms with Crippen LogP contribution < -0.4 is 4.74 Å². The molecule has 4 nitrogen and oxygen atoms in total. The Bertz CT molecular complexity index is 686. The van der Waals surface area contributed by atoms with Gasteiger partial charge in [-0.25, -0.2) is 0 Å². The first-order chi connectivity index (χ1) is 10.2. The molecule has 0 aliphatic heterocycles. The molecule has 0 unspecified atom stereocenters. The van der Waals surface area contributed by atoms with Crippen LogP contribution in [0.2, 0.25) is 0 Å². The van der Waals surface area contributed by atoms with Crippen molar-refractivity contribution in [3.8, 4) is 5.75 Å². The Balaban J connectivity index is 1.95. The number of hydrogen-bond donors (Lipinski definition) is 0. The van der Waals surface area contributed by atoms with Crippen LogP contribution in [0.4, 0.5) is 5.69 Å². The number of benzene rings is 2. The van der Waals surface area contributed by atoms with Gasteiger partial charge >= 0.3 is 5.69 Å². The highest BCUT2D eigenvalue weighted by Gasteiger charge is 2.26. The van der Waals surface area contributed by atoms with Gasteiger partial charge in [0, 0.05) is 6.07 Å². The molecule has 0 saturated heterocycles. The molecular formula is C16H14BrNO3. The number of fused-ring (bicyclic) bond motifs is 1. The van der Waals surface area contributed by atoms with Gasteiger partial charge in [-0.2, -0.15) is 0 Å². The standard InChI is InChI=1S/C16H14BrNO3/c17-15-13-8-4-7-12(13)9-14(18(19)20)16(15)21-10-11-5-2-1-3-6-11/h1-3,5-6,9H,4,7-8,10H2. The first-order valence-electron chi connectivity index (χ1n) is 6.82.